The van der Waals surface area contributed by atoms with Gasteiger partial charge in [0.2, 0.25) is 0 Å². The van der Waals surface area contributed by atoms with Crippen LogP contribution in [0.25, 0.3) is 0 Å². The molecule has 0 radical (unpaired) electrons. The summed E-state index contributed by atoms with van der Waals surface area (Å²) in [7, 11) is 1.89. The molecule has 6 heteroatoms. The normalized spacial score (nSPS) is 11.1. The Morgan fingerprint density at radius 1 is 1.35 bits per heavy atom. The van der Waals surface area contributed by atoms with Crippen molar-refractivity contribution in [2.24, 2.45) is 7.05 Å². The van der Waals surface area contributed by atoms with Gasteiger partial charge in [-0.05, 0) is 5.92 Å². The van der Waals surface area contributed by atoms with Gasteiger partial charge >= 0.3 is 0 Å². The van der Waals surface area contributed by atoms with Gasteiger partial charge in [0.25, 0.3) is 0 Å². The Hall–Kier alpha value is -1.56. The van der Waals surface area contributed by atoms with E-state index in [9.17, 15) is 0 Å². The molecule has 2 aromatic rings. The quantitative estimate of drug-likeness (QED) is 0.843. The van der Waals surface area contributed by atoms with Crippen molar-refractivity contribution in [3.05, 3.63) is 24.3 Å². The summed E-state index contributed by atoms with van der Waals surface area (Å²) in [6, 6.07) is 0. The van der Waals surface area contributed by atoms with Crippen molar-refractivity contribution in [2.75, 3.05) is 5.73 Å². The van der Waals surface area contributed by atoms with E-state index in [0.717, 1.165) is 15.5 Å². The molecule has 0 amide bonds. The third-order valence-corrected chi connectivity index (χ3v) is 3.32. The lowest BCUT2D eigenvalue weighted by Crippen LogP contribution is -2.03. The second-order valence-electron chi connectivity index (χ2n) is 4.08. The van der Waals surface area contributed by atoms with Crippen molar-refractivity contribution in [2.45, 2.75) is 29.7 Å². The number of hydrogen-bond acceptors (Lipinski definition) is 5. The van der Waals surface area contributed by atoms with Gasteiger partial charge in [-0.2, -0.15) is 5.10 Å². The van der Waals surface area contributed by atoms with Crippen LogP contribution in [0.1, 0.15) is 25.3 Å². The highest BCUT2D eigenvalue weighted by Crippen LogP contribution is 2.33. The molecule has 0 aliphatic rings. The SMILES string of the molecule is CC(C)c1c(N)ncnc1Sc1cnn(C)c1. The van der Waals surface area contributed by atoms with Gasteiger partial charge in [-0.1, -0.05) is 25.6 Å². The molecule has 0 saturated carbocycles. The maximum atomic E-state index is 5.90. The van der Waals surface area contributed by atoms with Gasteiger partial charge in [-0.3, -0.25) is 4.68 Å². The van der Waals surface area contributed by atoms with Crippen LogP contribution in [0.15, 0.2) is 28.6 Å². The molecular formula is C11H15N5S. The highest BCUT2D eigenvalue weighted by molar-refractivity contribution is 7.99. The Balaban J connectivity index is 2.35. The Morgan fingerprint density at radius 3 is 2.71 bits per heavy atom. The molecule has 0 fully saturated rings. The molecule has 0 aliphatic carbocycles. The number of rotatable bonds is 3. The predicted molar refractivity (Wildman–Crippen MR) is 67.9 cm³/mol. The van der Waals surface area contributed by atoms with Gasteiger partial charge in [0.05, 0.1) is 11.1 Å². The standard InChI is InChI=1S/C11H15N5S/c1-7(2)9-10(12)13-6-14-11(9)17-8-4-15-16(3)5-8/h4-7H,1-3H3,(H2,12,13,14). The number of anilines is 1. The third kappa shape index (κ3) is 2.58. The van der Waals surface area contributed by atoms with Crippen molar-refractivity contribution in [1.29, 1.82) is 0 Å². The molecule has 5 nitrogen and oxygen atoms in total. The highest BCUT2D eigenvalue weighted by atomic mass is 32.2. The number of nitrogens with zero attached hydrogens (tertiary/aromatic N) is 4. The third-order valence-electron chi connectivity index (χ3n) is 2.35. The zero-order valence-electron chi connectivity index (χ0n) is 10.1. The minimum atomic E-state index is 0.301. The average Bonchev–Trinajstić information content (AvgIpc) is 2.63. The molecule has 2 heterocycles. The van der Waals surface area contributed by atoms with E-state index in [4.69, 9.17) is 5.73 Å². The fraction of sp³-hybridized carbons (Fsp3) is 0.364. The second-order valence-corrected chi connectivity index (χ2v) is 5.15. The number of aromatic nitrogens is 4. The van der Waals surface area contributed by atoms with Gasteiger partial charge in [0.1, 0.15) is 17.2 Å². The van der Waals surface area contributed by atoms with Crippen molar-refractivity contribution >= 4 is 17.6 Å². The lowest BCUT2D eigenvalue weighted by molar-refractivity contribution is 0.766. The molecule has 17 heavy (non-hydrogen) atoms. The minimum Gasteiger partial charge on any atom is -0.383 e. The molecule has 0 spiro atoms. The van der Waals surface area contributed by atoms with Crippen LogP contribution in [0.4, 0.5) is 5.82 Å². The zero-order valence-corrected chi connectivity index (χ0v) is 10.9. The molecule has 90 valence electrons. The van der Waals surface area contributed by atoms with E-state index in [0.29, 0.717) is 11.7 Å². The van der Waals surface area contributed by atoms with Crippen molar-refractivity contribution in [3.8, 4) is 0 Å². The van der Waals surface area contributed by atoms with Crippen LogP contribution in [0.2, 0.25) is 0 Å². The summed E-state index contributed by atoms with van der Waals surface area (Å²) in [5.41, 5.74) is 6.90. The summed E-state index contributed by atoms with van der Waals surface area (Å²) in [4.78, 5) is 9.39. The van der Waals surface area contributed by atoms with E-state index < -0.39 is 0 Å². The average molecular weight is 249 g/mol. The number of nitrogens with two attached hydrogens (primary N) is 1. The minimum absolute atomic E-state index is 0.301. The molecule has 0 unspecified atom stereocenters. The van der Waals surface area contributed by atoms with Crippen LogP contribution in [-0.2, 0) is 7.05 Å². The lowest BCUT2D eigenvalue weighted by Gasteiger charge is -2.11. The fourth-order valence-electron chi connectivity index (χ4n) is 1.58. The summed E-state index contributed by atoms with van der Waals surface area (Å²) in [5.74, 6) is 0.858. The smallest absolute Gasteiger partial charge is 0.131 e. The maximum absolute atomic E-state index is 5.90. The van der Waals surface area contributed by atoms with Crippen molar-refractivity contribution < 1.29 is 0 Å². The van der Waals surface area contributed by atoms with E-state index in [-0.39, 0.29) is 0 Å². The summed E-state index contributed by atoms with van der Waals surface area (Å²) < 4.78 is 1.77. The Labute approximate surface area is 104 Å². The van der Waals surface area contributed by atoms with Crippen LogP contribution < -0.4 is 5.73 Å². The molecule has 0 aliphatic heterocycles. The monoisotopic (exact) mass is 249 g/mol. The van der Waals surface area contributed by atoms with E-state index in [2.05, 4.69) is 28.9 Å². The first-order valence-electron chi connectivity index (χ1n) is 5.34. The largest absolute Gasteiger partial charge is 0.383 e. The summed E-state index contributed by atoms with van der Waals surface area (Å²) in [6.45, 7) is 4.17. The van der Waals surface area contributed by atoms with E-state index in [1.807, 2.05) is 19.4 Å². The maximum Gasteiger partial charge on any atom is 0.131 e. The van der Waals surface area contributed by atoms with Gasteiger partial charge < -0.3 is 5.73 Å². The van der Waals surface area contributed by atoms with Gasteiger partial charge in [-0.25, -0.2) is 9.97 Å². The van der Waals surface area contributed by atoms with Crippen molar-refractivity contribution in [1.82, 2.24) is 19.7 Å². The van der Waals surface area contributed by atoms with E-state index >= 15 is 0 Å². The molecule has 0 atom stereocenters. The Kier molecular flexibility index (Phi) is 3.33. The summed E-state index contributed by atoms with van der Waals surface area (Å²) in [5, 5.41) is 5.03. The molecule has 2 N–H and O–H groups in total. The van der Waals surface area contributed by atoms with Crippen LogP contribution in [0.3, 0.4) is 0 Å². The van der Waals surface area contributed by atoms with Crippen LogP contribution in [0, 0.1) is 0 Å². The van der Waals surface area contributed by atoms with Crippen LogP contribution >= 0.6 is 11.8 Å². The molecule has 2 aromatic heterocycles. The van der Waals surface area contributed by atoms with Gasteiger partial charge in [0.15, 0.2) is 0 Å². The fourth-order valence-corrected chi connectivity index (χ4v) is 2.66. The zero-order chi connectivity index (χ0) is 12.4. The number of nitrogen functional groups attached to an aromatic ring is 1. The first kappa shape index (κ1) is 11.9. The lowest BCUT2D eigenvalue weighted by atomic mass is 10.1. The molecule has 0 bridgehead atoms. The number of hydrogen-bond donors (Lipinski definition) is 1. The predicted octanol–water partition coefficient (Wildman–Crippen LogP) is 2.07. The second kappa shape index (κ2) is 4.75. The Bertz CT molecular complexity index is 520. The molecular weight excluding hydrogens is 234 g/mol. The summed E-state index contributed by atoms with van der Waals surface area (Å²) >= 11 is 1.56. The Morgan fingerprint density at radius 2 is 2.12 bits per heavy atom. The van der Waals surface area contributed by atoms with Gasteiger partial charge in [-0.15, -0.1) is 0 Å². The first-order chi connectivity index (χ1) is 8.08. The molecule has 0 saturated heterocycles. The van der Waals surface area contributed by atoms with Crippen LogP contribution in [0.5, 0.6) is 0 Å². The first-order valence-corrected chi connectivity index (χ1v) is 6.16. The van der Waals surface area contributed by atoms with Gasteiger partial charge in [0, 0.05) is 18.8 Å². The number of aryl methyl sites for hydroxylation is 1. The molecule has 2 rings (SSSR count). The highest BCUT2D eigenvalue weighted by Gasteiger charge is 2.14. The van der Waals surface area contributed by atoms with Crippen LogP contribution in [-0.4, -0.2) is 19.7 Å². The van der Waals surface area contributed by atoms with Crippen molar-refractivity contribution in [3.63, 3.8) is 0 Å². The van der Waals surface area contributed by atoms with E-state index in [1.54, 1.807) is 16.4 Å². The summed E-state index contributed by atoms with van der Waals surface area (Å²) in [6.07, 6.45) is 5.26. The van der Waals surface area contributed by atoms with E-state index in [1.165, 1.54) is 6.33 Å². The topological polar surface area (TPSA) is 69.6 Å². The molecule has 0 aromatic carbocycles.